The summed E-state index contributed by atoms with van der Waals surface area (Å²) in [5.74, 6) is 0.952. The molecule has 1 heterocycles. The number of carbonyl (C=O) groups is 1. The number of carbonyl (C=O) groups excluding carboxylic acids is 1. The molecule has 0 saturated heterocycles. The first-order valence-electron chi connectivity index (χ1n) is 11.3. The standard InChI is InChI=1S/C25H27Br2N3O5/c1-5-15(4)24-29-20-9-8-17(26)12-18(20)25(32)30(24)28-13-16-10-19(27)23(21(11-16)33-6-2)35-14-22(31)34-7-3/h8-13,15H,5-7,14H2,1-4H3/t15-/m0/s1. The van der Waals surface area contributed by atoms with Crippen LogP contribution in [0.5, 0.6) is 11.5 Å². The van der Waals surface area contributed by atoms with Gasteiger partial charge in [0.25, 0.3) is 5.56 Å². The van der Waals surface area contributed by atoms with Gasteiger partial charge in [0.15, 0.2) is 18.1 Å². The smallest absolute Gasteiger partial charge is 0.344 e. The molecule has 35 heavy (non-hydrogen) atoms. The number of rotatable bonds is 10. The van der Waals surface area contributed by atoms with Crippen LogP contribution in [0.1, 0.15) is 51.4 Å². The molecule has 0 unspecified atom stereocenters. The molecule has 3 aromatic rings. The van der Waals surface area contributed by atoms with E-state index in [0.29, 0.717) is 44.9 Å². The third kappa shape index (κ3) is 6.49. The maximum absolute atomic E-state index is 13.3. The molecule has 0 aliphatic rings. The lowest BCUT2D eigenvalue weighted by atomic mass is 10.1. The highest BCUT2D eigenvalue weighted by Gasteiger charge is 2.17. The van der Waals surface area contributed by atoms with Crippen molar-refractivity contribution in [3.8, 4) is 11.5 Å². The van der Waals surface area contributed by atoms with Gasteiger partial charge in [-0.2, -0.15) is 9.78 Å². The summed E-state index contributed by atoms with van der Waals surface area (Å²) in [5.41, 5.74) is 1.05. The zero-order valence-electron chi connectivity index (χ0n) is 20.0. The molecule has 2 aromatic carbocycles. The average molecular weight is 609 g/mol. The Balaban J connectivity index is 2.04. The molecule has 0 saturated carbocycles. The van der Waals surface area contributed by atoms with Crippen molar-refractivity contribution in [2.24, 2.45) is 5.10 Å². The van der Waals surface area contributed by atoms with Crippen LogP contribution >= 0.6 is 31.9 Å². The van der Waals surface area contributed by atoms with Crippen molar-refractivity contribution in [2.45, 2.75) is 40.0 Å². The minimum atomic E-state index is -0.472. The van der Waals surface area contributed by atoms with Gasteiger partial charge in [0.2, 0.25) is 0 Å². The molecule has 10 heteroatoms. The number of esters is 1. The Labute approximate surface area is 220 Å². The summed E-state index contributed by atoms with van der Waals surface area (Å²) in [7, 11) is 0. The van der Waals surface area contributed by atoms with E-state index in [0.717, 1.165) is 10.9 Å². The van der Waals surface area contributed by atoms with E-state index in [2.05, 4.69) is 37.0 Å². The molecule has 0 bridgehead atoms. The Morgan fingerprint density at radius 3 is 2.60 bits per heavy atom. The van der Waals surface area contributed by atoms with Crippen LogP contribution in [0.2, 0.25) is 0 Å². The number of hydrogen-bond acceptors (Lipinski definition) is 7. The van der Waals surface area contributed by atoms with Crippen LogP contribution in [0, 0.1) is 0 Å². The minimum Gasteiger partial charge on any atom is -0.490 e. The van der Waals surface area contributed by atoms with Gasteiger partial charge in [-0.1, -0.05) is 29.8 Å². The minimum absolute atomic E-state index is 0.0253. The van der Waals surface area contributed by atoms with Gasteiger partial charge in [-0.05, 0) is 72.1 Å². The molecule has 8 nitrogen and oxygen atoms in total. The summed E-state index contributed by atoms with van der Waals surface area (Å²) in [6, 6.07) is 8.93. The van der Waals surface area contributed by atoms with Crippen molar-refractivity contribution >= 4 is 54.9 Å². The maximum Gasteiger partial charge on any atom is 0.344 e. The Morgan fingerprint density at radius 1 is 1.14 bits per heavy atom. The number of aromatic nitrogens is 2. The second-order valence-corrected chi connectivity index (χ2v) is 9.43. The first-order chi connectivity index (χ1) is 16.8. The third-order valence-corrected chi connectivity index (χ3v) is 6.26. The molecule has 0 amide bonds. The predicted molar refractivity (Wildman–Crippen MR) is 143 cm³/mol. The summed E-state index contributed by atoms with van der Waals surface area (Å²) in [6.07, 6.45) is 2.37. The quantitative estimate of drug-likeness (QED) is 0.218. The average Bonchev–Trinajstić information content (AvgIpc) is 2.83. The molecule has 0 fully saturated rings. The molecular weight excluding hydrogens is 582 g/mol. The van der Waals surface area contributed by atoms with Gasteiger partial charge in [0.1, 0.15) is 5.82 Å². The molecule has 0 radical (unpaired) electrons. The van der Waals surface area contributed by atoms with Crippen LogP contribution in [-0.2, 0) is 9.53 Å². The normalized spacial score (nSPS) is 12.2. The fraction of sp³-hybridized carbons (Fsp3) is 0.360. The summed E-state index contributed by atoms with van der Waals surface area (Å²) in [4.78, 5) is 29.8. The van der Waals surface area contributed by atoms with Gasteiger partial charge in [0, 0.05) is 10.4 Å². The number of ether oxygens (including phenoxy) is 3. The zero-order chi connectivity index (χ0) is 25.5. The van der Waals surface area contributed by atoms with Crippen molar-refractivity contribution in [3.63, 3.8) is 0 Å². The second kappa shape index (κ2) is 12.3. The van der Waals surface area contributed by atoms with Gasteiger partial charge in [0.05, 0.1) is 34.8 Å². The maximum atomic E-state index is 13.3. The zero-order valence-corrected chi connectivity index (χ0v) is 23.2. The van der Waals surface area contributed by atoms with E-state index in [-0.39, 0.29) is 24.7 Å². The molecular formula is C25H27Br2N3O5. The van der Waals surface area contributed by atoms with E-state index < -0.39 is 5.97 Å². The fourth-order valence-electron chi connectivity index (χ4n) is 3.30. The van der Waals surface area contributed by atoms with Gasteiger partial charge in [-0.3, -0.25) is 4.79 Å². The lowest BCUT2D eigenvalue weighted by molar-refractivity contribution is -0.145. The van der Waals surface area contributed by atoms with Gasteiger partial charge >= 0.3 is 5.97 Å². The predicted octanol–water partition coefficient (Wildman–Crippen LogP) is 5.66. The molecule has 3 rings (SSSR count). The van der Waals surface area contributed by atoms with E-state index >= 15 is 0 Å². The van der Waals surface area contributed by atoms with Gasteiger partial charge in [-0.25, -0.2) is 9.78 Å². The van der Waals surface area contributed by atoms with Gasteiger partial charge in [-0.15, -0.1) is 0 Å². The van der Waals surface area contributed by atoms with Crippen LogP contribution in [-0.4, -0.2) is 41.7 Å². The number of nitrogens with zero attached hydrogens (tertiary/aromatic N) is 3. The third-order valence-electron chi connectivity index (χ3n) is 5.18. The highest BCUT2D eigenvalue weighted by Crippen LogP contribution is 2.36. The van der Waals surface area contributed by atoms with E-state index in [1.54, 1.807) is 31.3 Å². The van der Waals surface area contributed by atoms with Crippen LogP contribution in [0.3, 0.4) is 0 Å². The molecule has 0 N–H and O–H groups in total. The van der Waals surface area contributed by atoms with E-state index in [4.69, 9.17) is 19.2 Å². The van der Waals surface area contributed by atoms with Crippen molar-refractivity contribution in [3.05, 3.63) is 61.0 Å². The Morgan fingerprint density at radius 2 is 1.91 bits per heavy atom. The Kier molecular flexibility index (Phi) is 9.45. The summed E-state index contributed by atoms with van der Waals surface area (Å²) in [6.45, 7) is 8.05. The molecule has 0 aliphatic heterocycles. The largest absolute Gasteiger partial charge is 0.490 e. The first-order valence-corrected chi connectivity index (χ1v) is 12.9. The summed E-state index contributed by atoms with van der Waals surface area (Å²) < 4.78 is 19.0. The molecule has 1 atom stereocenters. The molecule has 0 spiro atoms. The van der Waals surface area contributed by atoms with Crippen molar-refractivity contribution in [1.82, 2.24) is 9.66 Å². The Bertz CT molecular complexity index is 1310. The van der Waals surface area contributed by atoms with Crippen molar-refractivity contribution in [2.75, 3.05) is 19.8 Å². The lowest BCUT2D eigenvalue weighted by Gasteiger charge is -2.15. The summed E-state index contributed by atoms with van der Waals surface area (Å²) >= 11 is 6.90. The number of halogens is 2. The molecule has 0 aliphatic carbocycles. The second-order valence-electron chi connectivity index (χ2n) is 7.66. The first kappa shape index (κ1) is 26.9. The summed E-state index contributed by atoms with van der Waals surface area (Å²) in [5, 5.41) is 4.98. The highest BCUT2D eigenvalue weighted by atomic mass is 79.9. The van der Waals surface area contributed by atoms with Crippen LogP contribution in [0.15, 0.2) is 49.2 Å². The SMILES string of the molecule is CCOC(=O)COc1c(Br)cc(C=Nn2c([C@@H](C)CC)nc3ccc(Br)cc3c2=O)cc1OCC. The highest BCUT2D eigenvalue weighted by molar-refractivity contribution is 9.10. The number of hydrogen-bond donors (Lipinski definition) is 0. The lowest BCUT2D eigenvalue weighted by Crippen LogP contribution is -2.23. The van der Waals surface area contributed by atoms with E-state index in [9.17, 15) is 9.59 Å². The number of fused-ring (bicyclic) bond motifs is 1. The van der Waals surface area contributed by atoms with Crippen LogP contribution in [0.25, 0.3) is 10.9 Å². The van der Waals surface area contributed by atoms with Crippen molar-refractivity contribution in [1.29, 1.82) is 0 Å². The Hall–Kier alpha value is -2.72. The fourth-order valence-corrected chi connectivity index (χ4v) is 4.24. The topological polar surface area (TPSA) is 92.0 Å². The van der Waals surface area contributed by atoms with Gasteiger partial charge < -0.3 is 14.2 Å². The van der Waals surface area contributed by atoms with E-state index in [1.165, 1.54) is 4.68 Å². The van der Waals surface area contributed by atoms with E-state index in [1.807, 2.05) is 32.9 Å². The van der Waals surface area contributed by atoms with Crippen molar-refractivity contribution < 1.29 is 19.0 Å². The van der Waals surface area contributed by atoms with Crippen LogP contribution in [0.4, 0.5) is 0 Å². The van der Waals surface area contributed by atoms with Crippen LogP contribution < -0.4 is 15.0 Å². The monoisotopic (exact) mass is 607 g/mol. The molecule has 1 aromatic heterocycles. The molecule has 186 valence electrons. The number of benzene rings is 2.